The summed E-state index contributed by atoms with van der Waals surface area (Å²) in [5, 5.41) is 4.40. The highest BCUT2D eigenvalue weighted by atomic mass is 15.1. The van der Waals surface area contributed by atoms with E-state index in [2.05, 4.69) is 38.5 Å². The lowest BCUT2D eigenvalue weighted by atomic mass is 10.1. The number of aromatic amines is 1. The van der Waals surface area contributed by atoms with Crippen molar-refractivity contribution in [3.05, 3.63) is 73.1 Å². The van der Waals surface area contributed by atoms with Gasteiger partial charge in [-0.05, 0) is 24.3 Å². The largest absolute Gasteiger partial charge is 0.361 e. The number of nitrogens with zero attached hydrogens (tertiary/aromatic N) is 2. The number of fused-ring (bicyclic) bond motifs is 1. The molecule has 0 fully saturated rings. The average Bonchev–Trinajstić information content (AvgIpc) is 3.04. The van der Waals surface area contributed by atoms with E-state index in [0.717, 1.165) is 22.5 Å². The van der Waals surface area contributed by atoms with Crippen molar-refractivity contribution in [1.82, 2.24) is 15.0 Å². The fourth-order valence-corrected chi connectivity index (χ4v) is 2.52. The van der Waals surface area contributed by atoms with Crippen molar-refractivity contribution in [3.8, 4) is 11.3 Å². The van der Waals surface area contributed by atoms with Crippen molar-refractivity contribution in [2.24, 2.45) is 0 Å². The molecule has 0 aliphatic heterocycles. The first-order valence-electron chi connectivity index (χ1n) is 7.12. The van der Waals surface area contributed by atoms with Crippen molar-refractivity contribution in [2.45, 2.75) is 0 Å². The normalized spacial score (nSPS) is 10.7. The molecule has 106 valence electrons. The summed E-state index contributed by atoms with van der Waals surface area (Å²) in [7, 11) is 0. The molecule has 0 unspecified atom stereocenters. The molecule has 4 rings (SSSR count). The van der Waals surface area contributed by atoms with Gasteiger partial charge in [0.1, 0.15) is 0 Å². The second-order valence-corrected chi connectivity index (χ2v) is 5.00. The van der Waals surface area contributed by atoms with E-state index in [1.807, 2.05) is 48.7 Å². The Morgan fingerprint density at radius 1 is 0.864 bits per heavy atom. The molecule has 4 nitrogen and oxygen atoms in total. The van der Waals surface area contributed by atoms with Crippen LogP contribution in [0.15, 0.2) is 73.1 Å². The lowest BCUT2D eigenvalue weighted by molar-refractivity contribution is 1.17. The molecule has 0 bridgehead atoms. The predicted molar refractivity (Wildman–Crippen MR) is 89.0 cm³/mol. The molecule has 2 aromatic carbocycles. The van der Waals surface area contributed by atoms with Crippen LogP contribution in [0.2, 0.25) is 0 Å². The van der Waals surface area contributed by atoms with E-state index in [0.29, 0.717) is 5.95 Å². The minimum Gasteiger partial charge on any atom is -0.361 e. The molecule has 0 aliphatic carbocycles. The number of aromatic nitrogens is 3. The molecule has 0 saturated heterocycles. The van der Waals surface area contributed by atoms with Crippen LogP contribution < -0.4 is 5.32 Å². The van der Waals surface area contributed by atoms with Crippen LogP contribution in [0.4, 0.5) is 11.6 Å². The van der Waals surface area contributed by atoms with Crippen molar-refractivity contribution >= 4 is 22.5 Å². The molecule has 0 radical (unpaired) electrons. The molecule has 0 atom stereocenters. The maximum absolute atomic E-state index is 4.63. The van der Waals surface area contributed by atoms with Crippen LogP contribution in [0.5, 0.6) is 0 Å². The van der Waals surface area contributed by atoms with Gasteiger partial charge in [-0.2, -0.15) is 0 Å². The molecule has 0 saturated carbocycles. The monoisotopic (exact) mass is 286 g/mol. The van der Waals surface area contributed by atoms with Gasteiger partial charge in [0.25, 0.3) is 0 Å². The first-order valence-corrected chi connectivity index (χ1v) is 7.12. The minimum absolute atomic E-state index is 0.590. The molecule has 4 heteroatoms. The number of benzene rings is 2. The molecular formula is C18H14N4. The predicted octanol–water partition coefficient (Wildman–Crippen LogP) is 4.37. The van der Waals surface area contributed by atoms with E-state index in [1.165, 1.54) is 5.39 Å². The highest BCUT2D eigenvalue weighted by Crippen LogP contribution is 2.26. The Morgan fingerprint density at radius 2 is 1.77 bits per heavy atom. The lowest BCUT2D eigenvalue weighted by Gasteiger charge is -2.07. The SMILES string of the molecule is c1ccc(Nc2nccc(-c3cccc4cc[nH]c34)n2)cc1. The van der Waals surface area contributed by atoms with E-state index in [-0.39, 0.29) is 0 Å². The number of hydrogen-bond acceptors (Lipinski definition) is 3. The van der Waals surface area contributed by atoms with Crippen LogP contribution in [0, 0.1) is 0 Å². The third-order valence-corrected chi connectivity index (χ3v) is 3.55. The van der Waals surface area contributed by atoms with Gasteiger partial charge < -0.3 is 10.3 Å². The van der Waals surface area contributed by atoms with Crippen molar-refractivity contribution in [1.29, 1.82) is 0 Å². The van der Waals surface area contributed by atoms with Gasteiger partial charge >= 0.3 is 0 Å². The highest BCUT2D eigenvalue weighted by Gasteiger charge is 2.07. The quantitative estimate of drug-likeness (QED) is 0.588. The summed E-state index contributed by atoms with van der Waals surface area (Å²) in [6, 6.07) is 20.1. The Labute approximate surface area is 127 Å². The van der Waals surface area contributed by atoms with Crippen molar-refractivity contribution in [3.63, 3.8) is 0 Å². The zero-order valence-corrected chi connectivity index (χ0v) is 11.8. The number of H-pyrrole nitrogens is 1. The lowest BCUT2D eigenvalue weighted by Crippen LogP contribution is -1.97. The first-order chi connectivity index (χ1) is 10.9. The van der Waals surface area contributed by atoms with Crippen molar-refractivity contribution in [2.75, 3.05) is 5.32 Å². The third-order valence-electron chi connectivity index (χ3n) is 3.55. The summed E-state index contributed by atoms with van der Waals surface area (Å²) in [6.45, 7) is 0. The van der Waals surface area contributed by atoms with Gasteiger partial charge in [0.05, 0.1) is 11.2 Å². The van der Waals surface area contributed by atoms with Crippen LogP contribution in [-0.4, -0.2) is 15.0 Å². The van der Waals surface area contributed by atoms with Crippen LogP contribution in [0.1, 0.15) is 0 Å². The number of anilines is 2. The molecular weight excluding hydrogens is 272 g/mol. The van der Waals surface area contributed by atoms with Gasteiger partial charge in [-0.1, -0.05) is 36.4 Å². The number of hydrogen-bond donors (Lipinski definition) is 2. The van der Waals surface area contributed by atoms with E-state index in [1.54, 1.807) is 6.20 Å². The Morgan fingerprint density at radius 3 is 2.68 bits per heavy atom. The Kier molecular flexibility index (Phi) is 3.05. The fraction of sp³-hybridized carbons (Fsp3) is 0. The van der Waals surface area contributed by atoms with E-state index in [4.69, 9.17) is 0 Å². The smallest absolute Gasteiger partial charge is 0.227 e. The summed E-state index contributed by atoms with van der Waals surface area (Å²) in [5.74, 6) is 0.590. The summed E-state index contributed by atoms with van der Waals surface area (Å²) in [4.78, 5) is 12.2. The zero-order valence-electron chi connectivity index (χ0n) is 11.8. The molecule has 22 heavy (non-hydrogen) atoms. The van der Waals surface area contributed by atoms with Crippen LogP contribution in [0.3, 0.4) is 0 Å². The van der Waals surface area contributed by atoms with Gasteiger partial charge in [0.15, 0.2) is 0 Å². The second-order valence-electron chi connectivity index (χ2n) is 5.00. The van der Waals surface area contributed by atoms with E-state index < -0.39 is 0 Å². The van der Waals surface area contributed by atoms with Gasteiger partial charge in [-0.3, -0.25) is 0 Å². The fourth-order valence-electron chi connectivity index (χ4n) is 2.52. The van der Waals surface area contributed by atoms with Gasteiger partial charge in [0.2, 0.25) is 5.95 Å². The molecule has 0 spiro atoms. The highest BCUT2D eigenvalue weighted by molar-refractivity contribution is 5.93. The number of nitrogens with one attached hydrogen (secondary N) is 2. The molecule has 2 heterocycles. The summed E-state index contributed by atoms with van der Waals surface area (Å²) < 4.78 is 0. The van der Waals surface area contributed by atoms with E-state index >= 15 is 0 Å². The van der Waals surface area contributed by atoms with Gasteiger partial charge in [-0.15, -0.1) is 0 Å². The molecule has 0 amide bonds. The Hall–Kier alpha value is -3.14. The topological polar surface area (TPSA) is 53.6 Å². The molecule has 4 aromatic rings. The van der Waals surface area contributed by atoms with Crippen LogP contribution in [0.25, 0.3) is 22.2 Å². The number of rotatable bonds is 3. The molecule has 2 N–H and O–H groups in total. The van der Waals surface area contributed by atoms with Gasteiger partial charge in [0, 0.05) is 29.0 Å². The number of para-hydroxylation sites is 2. The standard InChI is InChI=1S/C18H14N4/c1-2-6-14(7-3-1)21-18-20-12-10-16(22-18)15-8-4-5-13-9-11-19-17(13)15/h1-12,19H,(H,20,21,22). The summed E-state index contributed by atoms with van der Waals surface area (Å²) in [5.41, 5.74) is 4.02. The van der Waals surface area contributed by atoms with Crippen molar-refractivity contribution < 1.29 is 0 Å². The maximum Gasteiger partial charge on any atom is 0.227 e. The molecule has 0 aliphatic rings. The van der Waals surface area contributed by atoms with Crippen LogP contribution >= 0.6 is 0 Å². The minimum atomic E-state index is 0.590. The maximum atomic E-state index is 4.63. The van der Waals surface area contributed by atoms with E-state index in [9.17, 15) is 0 Å². The second kappa shape index (κ2) is 5.33. The Balaban J connectivity index is 1.74. The zero-order chi connectivity index (χ0) is 14.8. The van der Waals surface area contributed by atoms with Crippen LogP contribution in [-0.2, 0) is 0 Å². The third kappa shape index (κ3) is 2.31. The van der Waals surface area contributed by atoms with Gasteiger partial charge in [-0.25, -0.2) is 9.97 Å². The summed E-state index contributed by atoms with van der Waals surface area (Å²) >= 11 is 0. The average molecular weight is 286 g/mol. The molecule has 2 aromatic heterocycles. The first kappa shape index (κ1) is 12.6. The summed E-state index contributed by atoms with van der Waals surface area (Å²) in [6.07, 6.45) is 3.72. The Bertz CT molecular complexity index is 912.